The van der Waals surface area contributed by atoms with Crippen LogP contribution in [0.15, 0.2) is 53.1 Å². The molecule has 0 saturated carbocycles. The maximum absolute atomic E-state index is 12.0. The molecule has 2 aromatic carbocycles. The van der Waals surface area contributed by atoms with E-state index in [0.717, 1.165) is 17.5 Å². The molecule has 0 aliphatic carbocycles. The van der Waals surface area contributed by atoms with Crippen molar-refractivity contribution >= 4 is 12.0 Å². The summed E-state index contributed by atoms with van der Waals surface area (Å²) < 4.78 is 20.7. The van der Waals surface area contributed by atoms with Crippen molar-refractivity contribution in [1.82, 2.24) is 10.1 Å². The van der Waals surface area contributed by atoms with Crippen molar-refractivity contribution in [2.24, 2.45) is 0 Å². The van der Waals surface area contributed by atoms with Crippen LogP contribution in [0.5, 0.6) is 11.5 Å². The van der Waals surface area contributed by atoms with E-state index in [1.807, 2.05) is 24.3 Å². The summed E-state index contributed by atoms with van der Waals surface area (Å²) in [5.74, 6) is 1.41. The van der Waals surface area contributed by atoms with E-state index in [1.54, 1.807) is 38.5 Å². The number of benzene rings is 2. The van der Waals surface area contributed by atoms with Crippen molar-refractivity contribution < 1.29 is 23.5 Å². The van der Waals surface area contributed by atoms with Crippen LogP contribution in [0.3, 0.4) is 0 Å². The van der Waals surface area contributed by atoms with E-state index in [4.69, 9.17) is 18.7 Å². The number of carbonyl (C=O) groups excluding carboxylic acids is 1. The number of methoxy groups -OCH3 is 2. The zero-order valence-electron chi connectivity index (χ0n) is 16.5. The van der Waals surface area contributed by atoms with Gasteiger partial charge >= 0.3 is 5.97 Å². The molecule has 1 aromatic heterocycles. The first-order valence-corrected chi connectivity index (χ1v) is 9.11. The Kier molecular flexibility index (Phi) is 6.63. The van der Waals surface area contributed by atoms with E-state index < -0.39 is 5.97 Å². The highest BCUT2D eigenvalue weighted by Gasteiger charge is 2.10. The average molecular weight is 394 g/mol. The molecular formula is C22H22N2O5. The second-order valence-corrected chi connectivity index (χ2v) is 6.15. The number of rotatable bonds is 8. The lowest BCUT2D eigenvalue weighted by atomic mass is 10.1. The Hall–Kier alpha value is -3.61. The fraction of sp³-hybridized carbons (Fsp3) is 0.227. The molecule has 0 aliphatic rings. The second kappa shape index (κ2) is 9.54. The van der Waals surface area contributed by atoms with Gasteiger partial charge in [-0.1, -0.05) is 36.3 Å². The number of nitrogens with zero attached hydrogens (tertiary/aromatic N) is 2. The van der Waals surface area contributed by atoms with Gasteiger partial charge < -0.3 is 18.7 Å². The number of hydrogen-bond donors (Lipinski definition) is 0. The lowest BCUT2D eigenvalue weighted by Gasteiger charge is -2.05. The number of aryl methyl sites for hydroxylation is 1. The van der Waals surface area contributed by atoms with Gasteiger partial charge in [-0.25, -0.2) is 4.79 Å². The quantitative estimate of drug-likeness (QED) is 0.420. The largest absolute Gasteiger partial charge is 0.497 e. The van der Waals surface area contributed by atoms with Crippen LogP contribution in [0.2, 0.25) is 0 Å². The van der Waals surface area contributed by atoms with Gasteiger partial charge in [-0.05, 0) is 35.8 Å². The van der Waals surface area contributed by atoms with Crippen LogP contribution in [-0.2, 0) is 22.6 Å². The summed E-state index contributed by atoms with van der Waals surface area (Å²) in [6, 6.07) is 13.2. The highest BCUT2D eigenvalue weighted by molar-refractivity contribution is 5.87. The van der Waals surface area contributed by atoms with Crippen molar-refractivity contribution in [3.8, 4) is 22.9 Å². The first kappa shape index (κ1) is 20.1. The van der Waals surface area contributed by atoms with E-state index in [2.05, 4.69) is 17.1 Å². The van der Waals surface area contributed by atoms with Gasteiger partial charge in [-0.15, -0.1) is 0 Å². The zero-order valence-corrected chi connectivity index (χ0v) is 16.5. The van der Waals surface area contributed by atoms with Gasteiger partial charge in [0.1, 0.15) is 11.5 Å². The van der Waals surface area contributed by atoms with Crippen LogP contribution in [0.1, 0.15) is 23.9 Å². The first-order chi connectivity index (χ1) is 14.1. The second-order valence-electron chi connectivity index (χ2n) is 6.15. The van der Waals surface area contributed by atoms with Gasteiger partial charge in [0.05, 0.1) is 14.2 Å². The lowest BCUT2D eigenvalue weighted by Crippen LogP contribution is -2.01. The summed E-state index contributed by atoms with van der Waals surface area (Å²) in [5.41, 5.74) is 2.82. The van der Waals surface area contributed by atoms with E-state index in [1.165, 1.54) is 11.6 Å². The highest BCUT2D eigenvalue weighted by Crippen LogP contribution is 2.23. The van der Waals surface area contributed by atoms with Crippen LogP contribution in [-0.4, -0.2) is 30.3 Å². The maximum atomic E-state index is 12.0. The van der Waals surface area contributed by atoms with Crippen LogP contribution in [0.25, 0.3) is 17.5 Å². The smallest absolute Gasteiger partial charge is 0.331 e. The van der Waals surface area contributed by atoms with E-state index in [9.17, 15) is 4.79 Å². The van der Waals surface area contributed by atoms with Gasteiger partial charge in [0.15, 0.2) is 6.61 Å². The summed E-state index contributed by atoms with van der Waals surface area (Å²) in [7, 11) is 3.13. The van der Waals surface area contributed by atoms with Crippen molar-refractivity contribution in [1.29, 1.82) is 0 Å². The molecule has 7 nitrogen and oxygen atoms in total. The monoisotopic (exact) mass is 394 g/mol. The fourth-order valence-corrected chi connectivity index (χ4v) is 2.59. The van der Waals surface area contributed by atoms with Crippen LogP contribution < -0.4 is 9.47 Å². The Morgan fingerprint density at radius 2 is 1.76 bits per heavy atom. The number of esters is 1. The van der Waals surface area contributed by atoms with Crippen molar-refractivity contribution in [3.05, 3.63) is 65.6 Å². The molecule has 29 heavy (non-hydrogen) atoms. The molecule has 0 aliphatic heterocycles. The predicted octanol–water partition coefficient (Wildman–Crippen LogP) is 4.07. The minimum Gasteiger partial charge on any atom is -0.497 e. The summed E-state index contributed by atoms with van der Waals surface area (Å²) in [6.45, 7) is 1.99. The third-order valence-corrected chi connectivity index (χ3v) is 4.21. The van der Waals surface area contributed by atoms with Gasteiger partial charge in [-0.2, -0.15) is 4.98 Å². The Morgan fingerprint density at radius 3 is 2.38 bits per heavy atom. The number of hydrogen-bond acceptors (Lipinski definition) is 7. The molecule has 0 fully saturated rings. The molecule has 0 N–H and O–H groups in total. The Morgan fingerprint density at radius 1 is 1.07 bits per heavy atom. The third kappa shape index (κ3) is 5.44. The summed E-state index contributed by atoms with van der Waals surface area (Å²) >= 11 is 0. The van der Waals surface area contributed by atoms with Gasteiger partial charge in [0.25, 0.3) is 5.89 Å². The third-order valence-electron chi connectivity index (χ3n) is 4.21. The molecule has 0 spiro atoms. The van der Waals surface area contributed by atoms with Gasteiger partial charge in [0, 0.05) is 17.7 Å². The number of ether oxygens (including phenoxy) is 3. The Bertz CT molecular complexity index is 970. The molecule has 0 atom stereocenters. The molecule has 7 heteroatoms. The Balaban J connectivity index is 1.58. The van der Waals surface area contributed by atoms with E-state index >= 15 is 0 Å². The standard InChI is InChI=1S/C22H22N2O5/c1-4-15-5-8-17(9-6-15)22-23-20(29-24-22)14-28-21(25)10-7-16-11-18(26-2)13-19(12-16)27-3/h5-13H,4,14H2,1-3H3/b10-7+. The summed E-state index contributed by atoms with van der Waals surface area (Å²) in [4.78, 5) is 16.2. The molecule has 150 valence electrons. The number of aromatic nitrogens is 2. The van der Waals surface area contributed by atoms with Crippen molar-refractivity contribution in [2.75, 3.05) is 14.2 Å². The SMILES string of the molecule is CCc1ccc(-c2noc(COC(=O)/C=C/c3cc(OC)cc(OC)c3)n2)cc1. The number of carbonyl (C=O) groups is 1. The van der Waals surface area contributed by atoms with E-state index in [-0.39, 0.29) is 12.5 Å². The van der Waals surface area contributed by atoms with Crippen LogP contribution in [0, 0.1) is 0 Å². The maximum Gasteiger partial charge on any atom is 0.331 e. The average Bonchev–Trinajstić information content (AvgIpc) is 3.25. The van der Waals surface area contributed by atoms with Gasteiger partial charge in [0.2, 0.25) is 5.82 Å². The predicted molar refractivity (Wildman–Crippen MR) is 107 cm³/mol. The van der Waals surface area contributed by atoms with Crippen LogP contribution >= 0.6 is 0 Å². The summed E-state index contributed by atoms with van der Waals surface area (Å²) in [6.07, 6.45) is 3.89. The van der Waals surface area contributed by atoms with Crippen molar-refractivity contribution in [3.63, 3.8) is 0 Å². The van der Waals surface area contributed by atoms with Gasteiger partial charge in [-0.3, -0.25) is 0 Å². The molecule has 0 radical (unpaired) electrons. The first-order valence-electron chi connectivity index (χ1n) is 9.11. The Labute approximate surface area is 168 Å². The summed E-state index contributed by atoms with van der Waals surface area (Å²) in [5, 5.41) is 3.93. The molecule has 0 saturated heterocycles. The molecule has 0 amide bonds. The normalized spacial score (nSPS) is 10.9. The fourth-order valence-electron chi connectivity index (χ4n) is 2.59. The minimum absolute atomic E-state index is 0.106. The lowest BCUT2D eigenvalue weighted by molar-refractivity contribution is -0.139. The van der Waals surface area contributed by atoms with Crippen LogP contribution in [0.4, 0.5) is 0 Å². The van der Waals surface area contributed by atoms with Crippen molar-refractivity contribution in [2.45, 2.75) is 20.0 Å². The molecule has 1 heterocycles. The topological polar surface area (TPSA) is 83.7 Å². The molecule has 3 aromatic rings. The molecule has 3 rings (SSSR count). The molecular weight excluding hydrogens is 372 g/mol. The minimum atomic E-state index is -0.529. The molecule has 0 bridgehead atoms. The highest BCUT2D eigenvalue weighted by atomic mass is 16.6. The molecule has 0 unspecified atom stereocenters. The van der Waals surface area contributed by atoms with E-state index in [0.29, 0.717) is 17.3 Å². The zero-order chi connectivity index (χ0) is 20.6.